The minimum Gasteiger partial charge on any atom is -0.357 e. The van der Waals surface area contributed by atoms with Gasteiger partial charge in [-0.2, -0.15) is 0 Å². The summed E-state index contributed by atoms with van der Waals surface area (Å²) in [6.07, 6.45) is 0.398. The lowest BCUT2D eigenvalue weighted by atomic mass is 10.7. The largest absolute Gasteiger partial charge is 0.357 e. The monoisotopic (exact) mass is 87.1 g/mol. The van der Waals surface area contributed by atoms with Crippen molar-refractivity contribution in [3.05, 3.63) is 0 Å². The summed E-state index contributed by atoms with van der Waals surface area (Å²) >= 11 is 0. The maximum Gasteiger partial charge on any atom is 0.132 e. The van der Waals surface area contributed by atoms with E-state index in [0.717, 1.165) is 13.2 Å². The van der Waals surface area contributed by atoms with Crippen LogP contribution in [-0.4, -0.2) is 19.4 Å². The van der Waals surface area contributed by atoms with Gasteiger partial charge in [0.2, 0.25) is 0 Å². The van der Waals surface area contributed by atoms with E-state index in [0.29, 0.717) is 6.23 Å². The summed E-state index contributed by atoms with van der Waals surface area (Å²) in [5.41, 5.74) is 0. The average Bonchev–Trinajstić information content (AvgIpc) is 2.21. The summed E-state index contributed by atoms with van der Waals surface area (Å²) in [4.78, 5) is 0. The maximum atomic E-state index is 4.84. The van der Waals surface area contributed by atoms with Crippen LogP contribution < -0.4 is 5.32 Å². The number of hydrogen-bond donors (Lipinski definition) is 1. The molecule has 1 N–H and O–H groups in total. The highest BCUT2D eigenvalue weighted by Crippen LogP contribution is 2.01. The van der Waals surface area contributed by atoms with Crippen molar-refractivity contribution in [2.24, 2.45) is 0 Å². The third-order valence-corrected chi connectivity index (χ3v) is 0.765. The van der Waals surface area contributed by atoms with Gasteiger partial charge < -0.3 is 4.74 Å². The predicted molar refractivity (Wildman–Crippen MR) is 23.4 cm³/mol. The van der Waals surface area contributed by atoms with Crippen molar-refractivity contribution in [1.29, 1.82) is 0 Å². The topological polar surface area (TPSA) is 24.6 Å². The second-order valence-electron chi connectivity index (χ2n) is 1.38. The molecular formula is C4H9NO. The predicted octanol–water partition coefficient (Wildman–Crippen LogP) is -0.0478. The van der Waals surface area contributed by atoms with Gasteiger partial charge >= 0.3 is 0 Å². The van der Waals surface area contributed by atoms with Crippen LogP contribution in [0.5, 0.6) is 0 Å². The van der Waals surface area contributed by atoms with Crippen LogP contribution in [-0.2, 0) is 4.74 Å². The quantitative estimate of drug-likeness (QED) is 0.478. The molecule has 1 fully saturated rings. The van der Waals surface area contributed by atoms with Crippen LogP contribution in [0.4, 0.5) is 0 Å². The molecule has 0 aliphatic carbocycles. The Labute approximate surface area is 37.5 Å². The lowest BCUT2D eigenvalue weighted by molar-refractivity contribution is 0.374. The molecule has 0 saturated carbocycles. The van der Waals surface area contributed by atoms with E-state index in [-0.39, 0.29) is 0 Å². The van der Waals surface area contributed by atoms with Crippen LogP contribution in [0.3, 0.4) is 0 Å². The fraction of sp³-hybridized carbons (Fsp3) is 1.00. The smallest absolute Gasteiger partial charge is 0.132 e. The van der Waals surface area contributed by atoms with E-state index in [1.54, 1.807) is 0 Å². The highest BCUT2D eigenvalue weighted by atomic mass is 16.6. The van der Waals surface area contributed by atoms with Crippen molar-refractivity contribution in [3.8, 4) is 0 Å². The van der Waals surface area contributed by atoms with Gasteiger partial charge in [0, 0.05) is 0 Å². The van der Waals surface area contributed by atoms with Crippen molar-refractivity contribution >= 4 is 0 Å². The van der Waals surface area contributed by atoms with E-state index in [9.17, 15) is 0 Å². The molecule has 0 aromatic rings. The lowest BCUT2D eigenvalue weighted by Gasteiger charge is -1.86. The van der Waals surface area contributed by atoms with Gasteiger partial charge in [0.05, 0.1) is 6.61 Å². The number of hydrogen-bond acceptors (Lipinski definition) is 2. The molecule has 36 valence electrons. The van der Waals surface area contributed by atoms with E-state index < -0.39 is 0 Å². The number of ether oxygens (including phenoxy) is 1. The minimum absolute atomic E-state index is 0.398. The zero-order valence-corrected chi connectivity index (χ0v) is 3.90. The number of nitrogens with one attached hydrogen (secondary N) is 1. The second kappa shape index (κ2) is 1.58. The summed E-state index contributed by atoms with van der Waals surface area (Å²) < 4.78 is 4.84. The Morgan fingerprint density at radius 3 is 2.83 bits per heavy atom. The van der Waals surface area contributed by atoms with Crippen LogP contribution in [0.2, 0.25) is 0 Å². The third-order valence-electron chi connectivity index (χ3n) is 0.765. The number of epoxide rings is 1. The fourth-order valence-electron chi connectivity index (χ4n) is 0.394. The Morgan fingerprint density at radius 1 is 2.00 bits per heavy atom. The standard InChI is InChI=1S/C4H9NO/c1-2-5-4-3-6-4/h4-5H,2-3H2,1H3. The molecule has 2 nitrogen and oxygen atoms in total. The highest BCUT2D eigenvalue weighted by Gasteiger charge is 2.19. The van der Waals surface area contributed by atoms with Gasteiger partial charge in [-0.05, 0) is 6.54 Å². The molecule has 0 radical (unpaired) electrons. The van der Waals surface area contributed by atoms with Crippen LogP contribution >= 0.6 is 0 Å². The molecule has 0 amide bonds. The number of rotatable bonds is 2. The number of likely N-dealkylation sites (N-methyl/N-ethyl adjacent to an activating group) is 1. The van der Waals surface area contributed by atoms with Gasteiger partial charge in [-0.15, -0.1) is 0 Å². The molecule has 6 heavy (non-hydrogen) atoms. The van der Waals surface area contributed by atoms with Crippen LogP contribution in [0.25, 0.3) is 0 Å². The summed E-state index contributed by atoms with van der Waals surface area (Å²) in [6.45, 7) is 4.00. The molecule has 0 aromatic heterocycles. The summed E-state index contributed by atoms with van der Waals surface area (Å²) in [5.74, 6) is 0. The molecule has 0 bridgehead atoms. The highest BCUT2D eigenvalue weighted by molar-refractivity contribution is 4.63. The van der Waals surface area contributed by atoms with Crippen molar-refractivity contribution in [1.82, 2.24) is 5.32 Å². The molecule has 1 atom stereocenters. The van der Waals surface area contributed by atoms with E-state index >= 15 is 0 Å². The molecular weight excluding hydrogens is 78.0 g/mol. The lowest BCUT2D eigenvalue weighted by Crippen LogP contribution is -2.15. The summed E-state index contributed by atoms with van der Waals surface area (Å²) in [6, 6.07) is 0. The second-order valence-corrected chi connectivity index (χ2v) is 1.38. The molecule has 1 aliphatic heterocycles. The molecule has 1 heterocycles. The van der Waals surface area contributed by atoms with Gasteiger partial charge in [-0.3, -0.25) is 5.32 Å². The molecule has 0 spiro atoms. The zero-order chi connectivity index (χ0) is 4.41. The Bertz CT molecular complexity index is 42.8. The van der Waals surface area contributed by atoms with Gasteiger partial charge in [0.15, 0.2) is 0 Å². The van der Waals surface area contributed by atoms with Gasteiger partial charge in [0.25, 0.3) is 0 Å². The van der Waals surface area contributed by atoms with Crippen molar-refractivity contribution in [2.75, 3.05) is 13.2 Å². The molecule has 1 saturated heterocycles. The van der Waals surface area contributed by atoms with E-state index in [4.69, 9.17) is 4.74 Å². The van der Waals surface area contributed by atoms with Crippen LogP contribution in [0, 0.1) is 0 Å². The fourth-order valence-corrected chi connectivity index (χ4v) is 0.394. The van der Waals surface area contributed by atoms with Gasteiger partial charge in [0.1, 0.15) is 6.23 Å². The molecule has 1 aliphatic rings. The summed E-state index contributed by atoms with van der Waals surface area (Å²) in [7, 11) is 0. The Balaban J connectivity index is 1.88. The summed E-state index contributed by atoms with van der Waals surface area (Å²) in [5, 5.41) is 3.10. The first-order valence-corrected chi connectivity index (χ1v) is 2.28. The SMILES string of the molecule is CCNC1CO1. The van der Waals surface area contributed by atoms with Crippen LogP contribution in [0.15, 0.2) is 0 Å². The Kier molecular flexibility index (Phi) is 1.08. The molecule has 0 aromatic carbocycles. The van der Waals surface area contributed by atoms with Gasteiger partial charge in [-0.1, -0.05) is 6.92 Å². The third kappa shape index (κ3) is 0.954. The minimum atomic E-state index is 0.398. The van der Waals surface area contributed by atoms with Crippen LogP contribution in [0.1, 0.15) is 6.92 Å². The Hall–Kier alpha value is -0.0800. The molecule has 1 rings (SSSR count). The first-order chi connectivity index (χ1) is 2.93. The zero-order valence-electron chi connectivity index (χ0n) is 3.90. The van der Waals surface area contributed by atoms with Crippen molar-refractivity contribution in [3.63, 3.8) is 0 Å². The first-order valence-electron chi connectivity index (χ1n) is 2.28. The van der Waals surface area contributed by atoms with E-state index in [1.165, 1.54) is 0 Å². The van der Waals surface area contributed by atoms with Gasteiger partial charge in [-0.25, -0.2) is 0 Å². The average molecular weight is 87.1 g/mol. The molecule has 1 unspecified atom stereocenters. The Morgan fingerprint density at radius 2 is 2.67 bits per heavy atom. The van der Waals surface area contributed by atoms with E-state index in [1.807, 2.05) is 0 Å². The normalized spacial score (nSPS) is 30.5. The molecule has 2 heteroatoms. The van der Waals surface area contributed by atoms with E-state index in [2.05, 4.69) is 12.2 Å². The van der Waals surface area contributed by atoms with Crippen molar-refractivity contribution < 1.29 is 4.74 Å². The maximum absolute atomic E-state index is 4.84. The first kappa shape index (κ1) is 4.09. The van der Waals surface area contributed by atoms with Crippen molar-refractivity contribution in [2.45, 2.75) is 13.2 Å².